The maximum absolute atomic E-state index is 16.6. The first-order chi connectivity index (χ1) is 24.6. The number of carbonyl (C=O) groups is 1. The number of halogens is 1. The van der Waals surface area contributed by atoms with Gasteiger partial charge in [-0.1, -0.05) is 63.1 Å². The van der Waals surface area contributed by atoms with Crippen LogP contribution in [-0.2, 0) is 23.4 Å². The lowest BCUT2D eigenvalue weighted by atomic mass is 9.97. The van der Waals surface area contributed by atoms with Gasteiger partial charge in [-0.15, -0.1) is 6.42 Å². The van der Waals surface area contributed by atoms with Gasteiger partial charge in [0.2, 0.25) is 11.6 Å². The van der Waals surface area contributed by atoms with Gasteiger partial charge < -0.3 is 33.9 Å². The highest BCUT2D eigenvalue weighted by molar-refractivity contribution is 8.01. The first-order valence-electron chi connectivity index (χ1n) is 16.8. The molecule has 0 amide bonds. The predicted octanol–water partition coefficient (Wildman–Crippen LogP) is 5.22. The summed E-state index contributed by atoms with van der Waals surface area (Å²) in [5.41, 5.74) is 3.19. The van der Waals surface area contributed by atoms with Crippen molar-refractivity contribution in [2.75, 3.05) is 36.4 Å². The molecule has 2 aromatic heterocycles. The summed E-state index contributed by atoms with van der Waals surface area (Å²) in [7, 11) is -2.14. The summed E-state index contributed by atoms with van der Waals surface area (Å²) in [6.07, 6.45) is 4.00. The van der Waals surface area contributed by atoms with E-state index < -0.39 is 50.2 Å². The van der Waals surface area contributed by atoms with Crippen molar-refractivity contribution in [1.29, 1.82) is 0 Å². The average molecular weight is 756 g/mol. The number of terminal acetylenes is 1. The lowest BCUT2D eigenvalue weighted by molar-refractivity contribution is -0.148. The second-order valence-corrected chi connectivity index (χ2v) is 17.5. The number of nitrogen functional groups attached to an aromatic ring is 1. The number of carbonyl (C=O) groups excluding carboxylic acids is 1. The smallest absolute Gasteiger partial charge is 0.323 e. The molecule has 2 fully saturated rings. The number of aromatic nitrogens is 4. The third-order valence-corrected chi connectivity index (χ3v) is 12.2. The van der Waals surface area contributed by atoms with Gasteiger partial charge in [-0.3, -0.25) is 13.9 Å². The molecule has 1 unspecified atom stereocenters. The van der Waals surface area contributed by atoms with Crippen LogP contribution in [0.5, 0.6) is 5.75 Å². The first kappa shape index (κ1) is 37.8. The van der Waals surface area contributed by atoms with Gasteiger partial charge in [0.1, 0.15) is 29.5 Å². The summed E-state index contributed by atoms with van der Waals surface area (Å²) in [6, 6.07) is 12.4. The largest absolute Gasteiger partial charge is 0.464 e. The molecule has 1 aliphatic heterocycles. The summed E-state index contributed by atoms with van der Waals surface area (Å²) in [5, 5.41) is 15.8. The van der Waals surface area contributed by atoms with Crippen LogP contribution in [0.15, 0.2) is 48.8 Å². The van der Waals surface area contributed by atoms with Crippen LogP contribution in [0.1, 0.15) is 46.8 Å². The van der Waals surface area contributed by atoms with Crippen LogP contribution < -0.4 is 19.9 Å². The van der Waals surface area contributed by atoms with Crippen molar-refractivity contribution >= 4 is 59.2 Å². The van der Waals surface area contributed by atoms with Gasteiger partial charge in [0, 0.05) is 18.5 Å². The zero-order chi connectivity index (χ0) is 37.4. The van der Waals surface area contributed by atoms with Crippen molar-refractivity contribution in [3.05, 3.63) is 48.8 Å². The Kier molecular flexibility index (Phi) is 10.8. The van der Waals surface area contributed by atoms with Crippen LogP contribution in [0.25, 0.3) is 21.9 Å². The molecule has 4 aromatic rings. The Balaban J connectivity index is 1.22. The summed E-state index contributed by atoms with van der Waals surface area (Å²) in [4.78, 5) is 27.9. The van der Waals surface area contributed by atoms with E-state index in [2.05, 4.69) is 20.0 Å². The van der Waals surface area contributed by atoms with Crippen LogP contribution in [0.4, 0.5) is 16.2 Å². The summed E-state index contributed by atoms with van der Waals surface area (Å²) >= 11 is 0.843. The summed E-state index contributed by atoms with van der Waals surface area (Å²) < 4.78 is 55.6. The third kappa shape index (κ3) is 8.00. The van der Waals surface area contributed by atoms with Gasteiger partial charge in [-0.05, 0) is 36.6 Å². The van der Waals surface area contributed by atoms with Crippen molar-refractivity contribution in [2.24, 2.45) is 5.41 Å². The van der Waals surface area contributed by atoms with Crippen molar-refractivity contribution in [3.63, 3.8) is 0 Å². The normalized spacial score (nSPS) is 23.6. The van der Waals surface area contributed by atoms with E-state index in [4.69, 9.17) is 30.3 Å². The van der Waals surface area contributed by atoms with Gasteiger partial charge >= 0.3 is 5.97 Å². The molecule has 1 saturated carbocycles. The Morgan fingerprint density at radius 3 is 2.73 bits per heavy atom. The number of alkyl halides is 1. The SMILES string of the molecule is C#C[C@@]1(F)[C@H](O)[C@@H](COP(=O)(CSOc2cccc3ccccc23)N[C@H](C)C(=O)OCC(C)(C)C)O[C@H]1n1cnc2c(N(C)C3CC3)nc(N)nc21. The van der Waals surface area contributed by atoms with Crippen molar-refractivity contribution in [3.8, 4) is 18.1 Å². The number of esters is 1. The number of anilines is 2. The number of hydrogen-bond acceptors (Lipinski definition) is 13. The van der Waals surface area contributed by atoms with Gasteiger partial charge in [0.15, 0.2) is 23.2 Å². The van der Waals surface area contributed by atoms with Gasteiger partial charge in [0.05, 0.1) is 31.6 Å². The molecule has 17 heteroatoms. The molecule has 14 nitrogen and oxygen atoms in total. The van der Waals surface area contributed by atoms with Crippen LogP contribution >= 0.6 is 19.6 Å². The molecule has 6 atom stereocenters. The van der Waals surface area contributed by atoms with Gasteiger partial charge in [-0.25, -0.2) is 14.5 Å². The van der Waals surface area contributed by atoms with Crippen molar-refractivity contribution in [2.45, 2.75) is 76.7 Å². The quantitative estimate of drug-likeness (QED) is 0.0661. The molecule has 2 aliphatic rings. The Bertz CT molecular complexity index is 2030. The van der Waals surface area contributed by atoms with E-state index in [9.17, 15) is 14.5 Å². The highest BCUT2D eigenvalue weighted by Gasteiger charge is 2.58. The van der Waals surface area contributed by atoms with Gasteiger partial charge in [0.25, 0.3) is 7.52 Å². The Morgan fingerprint density at radius 2 is 2.02 bits per heavy atom. The van der Waals surface area contributed by atoms with Crippen LogP contribution in [0, 0.1) is 17.8 Å². The first-order valence-corrected chi connectivity index (χ1v) is 19.5. The van der Waals surface area contributed by atoms with Crippen molar-refractivity contribution < 1.29 is 37.0 Å². The van der Waals surface area contributed by atoms with E-state index in [0.29, 0.717) is 17.1 Å². The molecule has 0 spiro atoms. The number of rotatable bonds is 14. The lowest BCUT2D eigenvalue weighted by Crippen LogP contribution is -2.42. The topological polar surface area (TPSA) is 176 Å². The fourth-order valence-electron chi connectivity index (χ4n) is 5.77. The standard InChI is InChI=1S/C35H43FN7O7PS/c1-7-35(36)28(44)26(49-32(35)43-19-38-27-29(42(6)23-15-16-23)39-33(37)40-30(27)43)17-48-51(46,41-21(2)31(45)47-18-34(3,4)5)20-52-50-25-14-10-12-22-11-8-9-13-24(22)25/h1,8-14,19,21,23,26,28,32,44H,15-18,20H2,2-6H3,(H,41,46)(H2,37,39,40)/t21-,26-,28-,32-,35-,51?/m1/s1. The van der Waals surface area contributed by atoms with Gasteiger partial charge in [-0.2, -0.15) is 9.97 Å². The number of fused-ring (bicyclic) bond motifs is 2. The maximum atomic E-state index is 16.6. The number of aliphatic hydroxyl groups excluding tert-OH is 1. The summed E-state index contributed by atoms with van der Waals surface area (Å²) in [5.74, 6) is 2.33. The molecule has 0 radical (unpaired) electrons. The number of nitrogens with zero attached hydrogens (tertiary/aromatic N) is 5. The minimum Gasteiger partial charge on any atom is -0.464 e. The predicted molar refractivity (Wildman–Crippen MR) is 197 cm³/mol. The van der Waals surface area contributed by atoms with E-state index in [1.807, 2.05) is 75.0 Å². The average Bonchev–Trinajstić information content (AvgIpc) is 3.83. The van der Waals surface area contributed by atoms with Crippen LogP contribution in [0.3, 0.4) is 0 Å². The van der Waals surface area contributed by atoms with Crippen molar-refractivity contribution in [1.82, 2.24) is 24.6 Å². The Hall–Kier alpha value is -3.97. The lowest BCUT2D eigenvalue weighted by Gasteiger charge is -2.25. The zero-order valence-electron chi connectivity index (χ0n) is 29.6. The highest BCUT2D eigenvalue weighted by Crippen LogP contribution is 2.49. The molecule has 278 valence electrons. The number of imidazole rings is 1. The Morgan fingerprint density at radius 1 is 1.29 bits per heavy atom. The monoisotopic (exact) mass is 755 g/mol. The van der Waals surface area contributed by atoms with E-state index in [0.717, 1.165) is 35.7 Å². The second kappa shape index (κ2) is 14.8. The number of nitrogens with two attached hydrogens (primary N) is 1. The molecular weight excluding hydrogens is 712 g/mol. The number of ether oxygens (including phenoxy) is 2. The van der Waals surface area contributed by atoms with E-state index in [1.54, 1.807) is 6.07 Å². The maximum Gasteiger partial charge on any atom is 0.323 e. The highest BCUT2D eigenvalue weighted by atomic mass is 32.2. The van der Waals surface area contributed by atoms with Crippen LogP contribution in [0.2, 0.25) is 0 Å². The van der Waals surface area contributed by atoms with Crippen LogP contribution in [-0.4, -0.2) is 86.3 Å². The zero-order valence-corrected chi connectivity index (χ0v) is 31.3. The molecular formula is C35H43FN7O7PS. The number of hydrogen-bond donors (Lipinski definition) is 3. The molecule has 6 rings (SSSR count). The third-order valence-electron chi connectivity index (χ3n) is 8.73. The van der Waals surface area contributed by atoms with E-state index in [1.165, 1.54) is 17.8 Å². The molecule has 1 saturated heterocycles. The minimum atomic E-state index is -4.01. The molecule has 3 heterocycles. The minimum absolute atomic E-state index is 0.0641. The van der Waals surface area contributed by atoms with E-state index >= 15 is 4.39 Å². The molecule has 1 aliphatic carbocycles. The summed E-state index contributed by atoms with van der Waals surface area (Å²) in [6.45, 7) is 6.78. The number of aliphatic hydroxyl groups is 1. The molecule has 2 aromatic carbocycles. The molecule has 52 heavy (non-hydrogen) atoms. The number of nitrogens with one attached hydrogen (secondary N) is 1. The fraction of sp³-hybridized carbons (Fsp3) is 0.486. The number of benzene rings is 2. The fourth-order valence-corrected chi connectivity index (χ4v) is 8.57. The molecule has 0 bridgehead atoms. The Labute approximate surface area is 305 Å². The second-order valence-electron chi connectivity index (χ2n) is 14.3. The molecule has 4 N–H and O–H groups in total. The van der Waals surface area contributed by atoms with E-state index in [-0.39, 0.29) is 35.2 Å².